The SMILES string of the molecule is CC(C)(C)PC(C)(PC(C)(C)C)[c-]1cccc1P(c1ccccc1)c1ccccc1.[Fe].[cH-]1[cH-][cH-][cH-][cH-]1. The summed E-state index contributed by atoms with van der Waals surface area (Å²) < 4.78 is 0. The van der Waals surface area contributed by atoms with Crippen LogP contribution in [0.15, 0.2) is 109 Å². The second-order valence-corrected chi connectivity index (χ2v) is 19.4. The summed E-state index contributed by atoms with van der Waals surface area (Å²) in [6.07, 6.45) is 0. The third kappa shape index (κ3) is 9.36. The maximum Gasteiger partial charge on any atom is 0 e. The summed E-state index contributed by atoms with van der Waals surface area (Å²) in [5.41, 5.74) is 1.57. The van der Waals surface area contributed by atoms with Crippen molar-refractivity contribution in [2.24, 2.45) is 0 Å². The molecule has 0 fully saturated rings. The normalized spacial score (nSPS) is 14.0. The van der Waals surface area contributed by atoms with Crippen molar-refractivity contribution >= 4 is 41.0 Å². The summed E-state index contributed by atoms with van der Waals surface area (Å²) in [5.74, 6) is 0. The van der Waals surface area contributed by atoms with E-state index in [2.05, 4.69) is 127 Å². The molecule has 0 aliphatic carbocycles. The van der Waals surface area contributed by atoms with E-state index in [0.717, 1.165) is 17.2 Å². The molecule has 198 valence electrons. The average Bonchev–Trinajstić information content (AvgIpc) is 3.49. The molecule has 0 aromatic heterocycles. The maximum absolute atomic E-state index is 2.53. The summed E-state index contributed by atoms with van der Waals surface area (Å²) in [6, 6.07) is 39.3. The molecular weight excluding hydrogens is 533 g/mol. The molecule has 36 heavy (non-hydrogen) atoms. The van der Waals surface area contributed by atoms with Gasteiger partial charge >= 0.3 is 0 Å². The molecule has 2 atom stereocenters. The molecule has 0 saturated carbocycles. The molecule has 0 N–H and O–H groups in total. The Morgan fingerprint density at radius 1 is 0.583 bits per heavy atom. The van der Waals surface area contributed by atoms with Crippen LogP contribution in [0.4, 0.5) is 0 Å². The van der Waals surface area contributed by atoms with Crippen molar-refractivity contribution in [3.8, 4) is 0 Å². The van der Waals surface area contributed by atoms with Gasteiger partial charge in [-0.1, -0.05) is 109 Å². The van der Waals surface area contributed by atoms with E-state index in [-0.39, 0.29) is 22.0 Å². The van der Waals surface area contributed by atoms with Crippen LogP contribution in [0, 0.1) is 0 Å². The Morgan fingerprint density at radius 2 is 0.972 bits per heavy atom. The van der Waals surface area contributed by atoms with Crippen LogP contribution in [0.5, 0.6) is 0 Å². The fourth-order valence-electron chi connectivity index (χ4n) is 4.60. The Bertz CT molecular complexity index is 1040. The minimum absolute atomic E-state index is 0. The molecule has 0 saturated heterocycles. The first-order chi connectivity index (χ1) is 16.5. The summed E-state index contributed by atoms with van der Waals surface area (Å²) in [4.78, 5) is 0.194. The first-order valence-corrected chi connectivity index (χ1v) is 15.7. The average molecular weight is 574 g/mol. The Kier molecular flexibility index (Phi) is 11.8. The third-order valence-electron chi connectivity index (χ3n) is 5.41. The van der Waals surface area contributed by atoms with Gasteiger partial charge in [0.05, 0.1) is 0 Å². The van der Waals surface area contributed by atoms with Gasteiger partial charge in [-0.25, -0.2) is 12.1 Å². The second-order valence-electron chi connectivity index (χ2n) is 11.2. The quantitative estimate of drug-likeness (QED) is 0.123. The minimum Gasteiger partial charge on any atom is -0.748 e. The molecule has 0 amide bonds. The van der Waals surface area contributed by atoms with E-state index in [1.165, 1.54) is 10.6 Å². The topological polar surface area (TPSA) is 0 Å². The van der Waals surface area contributed by atoms with E-state index in [1.54, 1.807) is 10.9 Å². The van der Waals surface area contributed by atoms with E-state index in [1.807, 2.05) is 30.3 Å². The van der Waals surface area contributed by atoms with E-state index >= 15 is 0 Å². The van der Waals surface area contributed by atoms with E-state index in [0.29, 0.717) is 10.3 Å². The summed E-state index contributed by atoms with van der Waals surface area (Å²) in [5, 5.41) is 5.03. The van der Waals surface area contributed by atoms with Gasteiger partial charge in [0.2, 0.25) is 0 Å². The molecule has 0 bridgehead atoms. The second kappa shape index (κ2) is 13.7. The van der Waals surface area contributed by atoms with Gasteiger partial charge in [-0.05, 0) is 33.7 Å². The minimum atomic E-state index is -0.568. The number of hydrogen-bond acceptors (Lipinski definition) is 0. The van der Waals surface area contributed by atoms with Gasteiger partial charge in [-0.15, -0.1) is 28.0 Å². The van der Waals surface area contributed by atoms with Gasteiger partial charge in [0, 0.05) is 17.1 Å². The monoisotopic (exact) mass is 574 g/mol. The number of rotatable bonds is 6. The Morgan fingerprint density at radius 3 is 1.33 bits per heavy atom. The van der Waals surface area contributed by atoms with Crippen molar-refractivity contribution in [3.63, 3.8) is 0 Å². The molecule has 0 heterocycles. The molecule has 0 aliphatic rings. The van der Waals surface area contributed by atoms with Crippen LogP contribution in [0.2, 0.25) is 0 Å². The smallest absolute Gasteiger partial charge is 0 e. The Balaban J connectivity index is 0.000000678. The molecule has 2 unspecified atom stereocenters. The zero-order chi connectivity index (χ0) is 25.5. The fourth-order valence-corrected chi connectivity index (χ4v) is 13.6. The first kappa shape index (κ1) is 31.2. The van der Waals surface area contributed by atoms with Crippen LogP contribution in [0.1, 0.15) is 54.0 Å². The van der Waals surface area contributed by atoms with E-state index in [4.69, 9.17) is 0 Å². The predicted octanol–water partition coefficient (Wildman–Crippen LogP) is 8.69. The van der Waals surface area contributed by atoms with Gasteiger partial charge in [0.25, 0.3) is 0 Å². The molecule has 4 rings (SSSR count). The number of hydrogen-bond donors (Lipinski definition) is 0. The van der Waals surface area contributed by atoms with Crippen LogP contribution in [0.3, 0.4) is 0 Å². The first-order valence-electron chi connectivity index (χ1n) is 12.4. The summed E-state index contributed by atoms with van der Waals surface area (Å²) >= 11 is 0. The largest absolute Gasteiger partial charge is 0.748 e. The maximum atomic E-state index is 2.53. The predicted molar refractivity (Wildman–Crippen MR) is 166 cm³/mol. The van der Waals surface area contributed by atoms with Crippen molar-refractivity contribution in [1.82, 2.24) is 0 Å². The van der Waals surface area contributed by atoms with Crippen molar-refractivity contribution < 1.29 is 17.1 Å². The van der Waals surface area contributed by atoms with Crippen LogP contribution in [0.25, 0.3) is 0 Å². The Labute approximate surface area is 235 Å². The van der Waals surface area contributed by atoms with Crippen LogP contribution in [-0.2, 0) is 22.0 Å². The molecular formula is C32H41FeP3-6. The molecule has 4 aromatic rings. The zero-order valence-electron chi connectivity index (χ0n) is 22.7. The van der Waals surface area contributed by atoms with Crippen LogP contribution < -0.4 is 15.9 Å². The number of benzene rings is 2. The van der Waals surface area contributed by atoms with Gasteiger partial charge < -0.3 is 30.3 Å². The van der Waals surface area contributed by atoms with Gasteiger partial charge in [0.1, 0.15) is 0 Å². The van der Waals surface area contributed by atoms with Crippen molar-refractivity contribution in [2.45, 2.75) is 63.7 Å². The molecule has 0 aliphatic heterocycles. The van der Waals surface area contributed by atoms with Gasteiger partial charge in [-0.3, -0.25) is 0 Å². The van der Waals surface area contributed by atoms with E-state index in [9.17, 15) is 0 Å². The van der Waals surface area contributed by atoms with Crippen molar-refractivity contribution in [3.05, 3.63) is 115 Å². The fraction of sp³-hybridized carbons (Fsp3) is 0.312. The van der Waals surface area contributed by atoms with Crippen molar-refractivity contribution in [2.75, 3.05) is 0 Å². The van der Waals surface area contributed by atoms with E-state index < -0.39 is 7.92 Å². The third-order valence-corrected chi connectivity index (χ3v) is 11.7. The molecule has 0 spiro atoms. The summed E-state index contributed by atoms with van der Waals surface area (Å²) in [6.45, 7) is 16.9. The Hall–Kier alpha value is -1.05. The molecule has 0 radical (unpaired) electrons. The molecule has 4 aromatic carbocycles. The molecule has 4 heteroatoms. The standard InChI is InChI=1S/C27H36P3.C5H5.Fe/c1-25(2,3)28-27(7,29-26(4,5)6)23-19-14-20-24(23)30(21-15-10-8-11-16-21)22-17-12-9-13-18-22;1-2-4-5-3-1;/h8-20,28-29H,1-7H3;1-5H;/q-1;-5;. The van der Waals surface area contributed by atoms with Gasteiger partial charge in [-0.2, -0.15) is 6.07 Å². The zero-order valence-corrected chi connectivity index (χ0v) is 26.7. The molecule has 0 nitrogen and oxygen atoms in total. The van der Waals surface area contributed by atoms with Crippen LogP contribution >= 0.6 is 25.1 Å². The van der Waals surface area contributed by atoms with Crippen molar-refractivity contribution in [1.29, 1.82) is 0 Å². The summed E-state index contributed by atoms with van der Waals surface area (Å²) in [7, 11) is 1.19. The van der Waals surface area contributed by atoms with Gasteiger partial charge in [0.15, 0.2) is 0 Å². The van der Waals surface area contributed by atoms with Crippen LogP contribution in [-0.4, -0.2) is 10.3 Å².